The molecule has 3 heteroatoms. The Kier molecular flexibility index (Phi) is 7.55. The van der Waals surface area contributed by atoms with E-state index in [-0.39, 0.29) is 0 Å². The van der Waals surface area contributed by atoms with Crippen LogP contribution in [0.4, 0.5) is 0 Å². The molecular formula is C11H23NOS. The standard InChI is InChI=1S/C11H23NOS/c1-2-14-9-3-6-12-7-4-11-5-8-13-10-11/h11-12H,2-10H2,1H3. The van der Waals surface area contributed by atoms with Crippen LogP contribution < -0.4 is 5.32 Å². The fourth-order valence-corrected chi connectivity index (χ4v) is 2.32. The van der Waals surface area contributed by atoms with Crippen LogP contribution in [-0.2, 0) is 4.74 Å². The highest BCUT2D eigenvalue weighted by Crippen LogP contribution is 2.15. The predicted octanol–water partition coefficient (Wildman–Crippen LogP) is 2.15. The summed E-state index contributed by atoms with van der Waals surface area (Å²) in [6, 6.07) is 0. The van der Waals surface area contributed by atoms with Crippen molar-refractivity contribution in [2.75, 3.05) is 37.8 Å². The zero-order valence-electron chi connectivity index (χ0n) is 9.26. The molecule has 1 unspecified atom stereocenters. The SMILES string of the molecule is CCSCCCNCCC1CCOC1. The van der Waals surface area contributed by atoms with Crippen LogP contribution >= 0.6 is 11.8 Å². The molecule has 0 bridgehead atoms. The Balaban J connectivity index is 1.75. The van der Waals surface area contributed by atoms with Gasteiger partial charge in [-0.25, -0.2) is 0 Å². The fourth-order valence-electron chi connectivity index (χ4n) is 1.69. The van der Waals surface area contributed by atoms with Gasteiger partial charge in [-0.15, -0.1) is 0 Å². The average Bonchev–Trinajstić information content (AvgIpc) is 2.69. The lowest BCUT2D eigenvalue weighted by Gasteiger charge is -2.08. The van der Waals surface area contributed by atoms with Gasteiger partial charge < -0.3 is 10.1 Å². The molecule has 0 aromatic carbocycles. The van der Waals surface area contributed by atoms with E-state index in [4.69, 9.17) is 4.74 Å². The van der Waals surface area contributed by atoms with Crippen molar-refractivity contribution < 1.29 is 4.74 Å². The van der Waals surface area contributed by atoms with Crippen LogP contribution in [0.3, 0.4) is 0 Å². The lowest BCUT2D eigenvalue weighted by atomic mass is 10.1. The molecule has 0 spiro atoms. The largest absolute Gasteiger partial charge is 0.381 e. The number of thioether (sulfide) groups is 1. The lowest BCUT2D eigenvalue weighted by Crippen LogP contribution is -2.20. The van der Waals surface area contributed by atoms with Crippen molar-refractivity contribution in [3.8, 4) is 0 Å². The van der Waals surface area contributed by atoms with E-state index in [0.29, 0.717) is 0 Å². The topological polar surface area (TPSA) is 21.3 Å². The van der Waals surface area contributed by atoms with Gasteiger partial charge >= 0.3 is 0 Å². The van der Waals surface area contributed by atoms with Gasteiger partial charge in [-0.2, -0.15) is 11.8 Å². The van der Waals surface area contributed by atoms with E-state index in [1.165, 1.54) is 43.9 Å². The van der Waals surface area contributed by atoms with Gasteiger partial charge in [-0.1, -0.05) is 6.92 Å². The molecule has 0 aromatic heterocycles. The summed E-state index contributed by atoms with van der Waals surface area (Å²) in [5.74, 6) is 3.38. The van der Waals surface area contributed by atoms with Crippen molar-refractivity contribution in [3.05, 3.63) is 0 Å². The number of hydrogen-bond donors (Lipinski definition) is 1. The Hall–Kier alpha value is 0.270. The van der Waals surface area contributed by atoms with Crippen molar-refractivity contribution >= 4 is 11.8 Å². The van der Waals surface area contributed by atoms with Crippen LogP contribution in [0.25, 0.3) is 0 Å². The van der Waals surface area contributed by atoms with Gasteiger partial charge in [0.2, 0.25) is 0 Å². The second-order valence-electron chi connectivity index (χ2n) is 3.82. The Morgan fingerprint density at radius 2 is 2.36 bits per heavy atom. The van der Waals surface area contributed by atoms with Gasteiger partial charge in [-0.05, 0) is 49.8 Å². The van der Waals surface area contributed by atoms with Crippen LogP contribution in [0, 0.1) is 5.92 Å². The first kappa shape index (κ1) is 12.3. The Bertz CT molecular complexity index is 126. The molecular weight excluding hydrogens is 194 g/mol. The van der Waals surface area contributed by atoms with E-state index in [1.807, 2.05) is 11.8 Å². The summed E-state index contributed by atoms with van der Waals surface area (Å²) in [6.45, 7) is 6.55. The third kappa shape index (κ3) is 5.89. The Morgan fingerprint density at radius 3 is 3.07 bits per heavy atom. The molecule has 0 saturated carbocycles. The molecule has 1 N–H and O–H groups in total. The van der Waals surface area contributed by atoms with Gasteiger partial charge in [0.05, 0.1) is 0 Å². The molecule has 1 aliphatic rings. The van der Waals surface area contributed by atoms with E-state index >= 15 is 0 Å². The summed E-state index contributed by atoms with van der Waals surface area (Å²) in [7, 11) is 0. The minimum absolute atomic E-state index is 0.826. The van der Waals surface area contributed by atoms with Crippen molar-refractivity contribution in [3.63, 3.8) is 0 Å². The average molecular weight is 217 g/mol. The minimum Gasteiger partial charge on any atom is -0.381 e. The molecule has 1 aliphatic heterocycles. The maximum Gasteiger partial charge on any atom is 0.0495 e. The molecule has 1 heterocycles. The van der Waals surface area contributed by atoms with E-state index in [2.05, 4.69) is 12.2 Å². The third-order valence-corrected chi connectivity index (χ3v) is 3.59. The van der Waals surface area contributed by atoms with Gasteiger partial charge in [0.1, 0.15) is 0 Å². The molecule has 0 radical (unpaired) electrons. The summed E-state index contributed by atoms with van der Waals surface area (Å²) in [5.41, 5.74) is 0. The van der Waals surface area contributed by atoms with E-state index in [1.54, 1.807) is 0 Å². The highest BCUT2D eigenvalue weighted by atomic mass is 32.2. The zero-order valence-corrected chi connectivity index (χ0v) is 10.1. The van der Waals surface area contributed by atoms with Crippen LogP contribution in [0.1, 0.15) is 26.2 Å². The first-order valence-corrected chi connectivity index (χ1v) is 6.95. The van der Waals surface area contributed by atoms with Gasteiger partial charge in [0, 0.05) is 13.2 Å². The Morgan fingerprint density at radius 1 is 1.43 bits per heavy atom. The molecule has 1 fully saturated rings. The first-order chi connectivity index (χ1) is 6.93. The van der Waals surface area contributed by atoms with Crippen LogP contribution in [0.15, 0.2) is 0 Å². The number of nitrogens with one attached hydrogen (secondary N) is 1. The number of rotatable bonds is 8. The van der Waals surface area contributed by atoms with Crippen molar-refractivity contribution in [2.45, 2.75) is 26.2 Å². The Labute approximate surface area is 92.2 Å². The molecule has 0 amide bonds. The van der Waals surface area contributed by atoms with Gasteiger partial charge in [-0.3, -0.25) is 0 Å². The van der Waals surface area contributed by atoms with Crippen LogP contribution in [0.2, 0.25) is 0 Å². The van der Waals surface area contributed by atoms with Crippen LogP contribution in [0.5, 0.6) is 0 Å². The summed E-state index contributed by atoms with van der Waals surface area (Å²) >= 11 is 2.03. The smallest absolute Gasteiger partial charge is 0.0495 e. The normalized spacial score (nSPS) is 21.6. The summed E-state index contributed by atoms with van der Waals surface area (Å²) in [6.07, 6.45) is 3.87. The minimum atomic E-state index is 0.826. The van der Waals surface area contributed by atoms with Crippen LogP contribution in [-0.4, -0.2) is 37.8 Å². The lowest BCUT2D eigenvalue weighted by molar-refractivity contribution is 0.184. The molecule has 84 valence electrons. The highest BCUT2D eigenvalue weighted by Gasteiger charge is 2.14. The maximum atomic E-state index is 5.34. The maximum absolute atomic E-state index is 5.34. The van der Waals surface area contributed by atoms with E-state index in [9.17, 15) is 0 Å². The summed E-state index contributed by atoms with van der Waals surface area (Å²) in [5, 5.41) is 3.50. The molecule has 1 saturated heterocycles. The van der Waals surface area contributed by atoms with E-state index in [0.717, 1.165) is 19.1 Å². The molecule has 1 rings (SSSR count). The quantitative estimate of drug-likeness (QED) is 0.630. The zero-order chi connectivity index (χ0) is 10.1. The monoisotopic (exact) mass is 217 g/mol. The second kappa shape index (κ2) is 8.57. The van der Waals surface area contributed by atoms with Crippen molar-refractivity contribution in [1.29, 1.82) is 0 Å². The van der Waals surface area contributed by atoms with E-state index < -0.39 is 0 Å². The molecule has 2 nitrogen and oxygen atoms in total. The second-order valence-corrected chi connectivity index (χ2v) is 5.21. The fraction of sp³-hybridized carbons (Fsp3) is 1.00. The van der Waals surface area contributed by atoms with Gasteiger partial charge in [0.15, 0.2) is 0 Å². The summed E-state index contributed by atoms with van der Waals surface area (Å²) < 4.78 is 5.34. The predicted molar refractivity (Wildman–Crippen MR) is 64.0 cm³/mol. The summed E-state index contributed by atoms with van der Waals surface area (Å²) in [4.78, 5) is 0. The van der Waals surface area contributed by atoms with Gasteiger partial charge in [0.25, 0.3) is 0 Å². The van der Waals surface area contributed by atoms with Crippen molar-refractivity contribution in [2.24, 2.45) is 5.92 Å². The number of ether oxygens (including phenoxy) is 1. The molecule has 14 heavy (non-hydrogen) atoms. The molecule has 0 aromatic rings. The van der Waals surface area contributed by atoms with Crippen molar-refractivity contribution in [1.82, 2.24) is 5.32 Å². The number of hydrogen-bond acceptors (Lipinski definition) is 3. The first-order valence-electron chi connectivity index (χ1n) is 5.79. The molecule has 1 atom stereocenters. The third-order valence-electron chi connectivity index (χ3n) is 2.60. The highest BCUT2D eigenvalue weighted by molar-refractivity contribution is 7.99. The molecule has 0 aliphatic carbocycles.